The van der Waals surface area contributed by atoms with Crippen LogP contribution in [-0.4, -0.2) is 36.3 Å². The zero-order valence-electron chi connectivity index (χ0n) is 14.6. The van der Waals surface area contributed by atoms with Crippen molar-refractivity contribution in [2.75, 3.05) is 13.2 Å². The van der Waals surface area contributed by atoms with Gasteiger partial charge in [-0.15, -0.1) is 0 Å². The van der Waals surface area contributed by atoms with E-state index in [-0.39, 0.29) is 24.0 Å². The standard InChI is InChI=1S/C20H24N2O3/c1-14(2)25-18-5-3-4-16(11-18)20(23)22-19-13-24-12-17(19)10-15-6-8-21-9-7-15/h3-9,11,14,17,19H,10,12-13H2,1-2H3,(H,22,23)/t17-,19+/m1/s1. The highest BCUT2D eigenvalue weighted by Crippen LogP contribution is 2.20. The molecular formula is C20H24N2O3. The average Bonchev–Trinajstić information content (AvgIpc) is 3.02. The number of pyridine rings is 1. The van der Waals surface area contributed by atoms with Crippen LogP contribution in [0.2, 0.25) is 0 Å². The van der Waals surface area contributed by atoms with Crippen molar-refractivity contribution >= 4 is 5.91 Å². The Balaban J connectivity index is 1.63. The summed E-state index contributed by atoms with van der Waals surface area (Å²) in [6.45, 7) is 5.13. The molecule has 0 radical (unpaired) electrons. The summed E-state index contributed by atoms with van der Waals surface area (Å²) in [6, 6.07) is 11.3. The first kappa shape index (κ1) is 17.4. The SMILES string of the molecule is CC(C)Oc1cccc(C(=O)N[C@H]2COC[C@H]2Cc2ccncc2)c1. The highest BCUT2D eigenvalue weighted by Gasteiger charge is 2.30. The lowest BCUT2D eigenvalue weighted by molar-refractivity contribution is 0.0924. The molecule has 1 saturated heterocycles. The van der Waals surface area contributed by atoms with Gasteiger partial charge in [-0.05, 0) is 56.2 Å². The molecule has 1 aromatic carbocycles. The Morgan fingerprint density at radius 1 is 1.28 bits per heavy atom. The van der Waals surface area contributed by atoms with Crippen LogP contribution in [0, 0.1) is 5.92 Å². The number of rotatable bonds is 6. The van der Waals surface area contributed by atoms with Crippen LogP contribution >= 0.6 is 0 Å². The number of benzene rings is 1. The summed E-state index contributed by atoms with van der Waals surface area (Å²) in [4.78, 5) is 16.6. The maximum absolute atomic E-state index is 12.6. The number of nitrogens with zero attached hydrogens (tertiary/aromatic N) is 1. The van der Waals surface area contributed by atoms with Crippen LogP contribution in [0.5, 0.6) is 5.75 Å². The summed E-state index contributed by atoms with van der Waals surface area (Å²) in [5, 5.41) is 3.11. The number of ether oxygens (including phenoxy) is 2. The second-order valence-electron chi connectivity index (χ2n) is 6.63. The maximum atomic E-state index is 12.6. The lowest BCUT2D eigenvalue weighted by atomic mass is 9.95. The van der Waals surface area contributed by atoms with E-state index in [9.17, 15) is 4.79 Å². The van der Waals surface area contributed by atoms with Crippen molar-refractivity contribution in [1.29, 1.82) is 0 Å². The number of aromatic nitrogens is 1. The van der Waals surface area contributed by atoms with Crippen LogP contribution < -0.4 is 10.1 Å². The summed E-state index contributed by atoms with van der Waals surface area (Å²) in [7, 11) is 0. The zero-order chi connectivity index (χ0) is 17.6. The van der Waals surface area contributed by atoms with E-state index in [1.165, 1.54) is 5.56 Å². The molecule has 0 spiro atoms. The van der Waals surface area contributed by atoms with Crippen LogP contribution in [0.1, 0.15) is 29.8 Å². The fraction of sp³-hybridized carbons (Fsp3) is 0.400. The Kier molecular flexibility index (Phi) is 5.66. The molecule has 1 amide bonds. The molecule has 1 fully saturated rings. The van der Waals surface area contributed by atoms with Gasteiger partial charge in [0.25, 0.3) is 5.91 Å². The summed E-state index contributed by atoms with van der Waals surface area (Å²) in [6.07, 6.45) is 4.52. The van der Waals surface area contributed by atoms with Gasteiger partial charge in [-0.25, -0.2) is 0 Å². The molecule has 132 valence electrons. The topological polar surface area (TPSA) is 60.5 Å². The van der Waals surface area contributed by atoms with Crippen LogP contribution in [0.25, 0.3) is 0 Å². The van der Waals surface area contributed by atoms with Gasteiger partial charge in [0.05, 0.1) is 25.4 Å². The largest absolute Gasteiger partial charge is 0.491 e. The van der Waals surface area contributed by atoms with Gasteiger partial charge < -0.3 is 14.8 Å². The van der Waals surface area contributed by atoms with Crippen LogP contribution in [0.3, 0.4) is 0 Å². The van der Waals surface area contributed by atoms with E-state index in [2.05, 4.69) is 10.3 Å². The first-order valence-electron chi connectivity index (χ1n) is 8.66. The van der Waals surface area contributed by atoms with E-state index in [1.54, 1.807) is 24.5 Å². The van der Waals surface area contributed by atoms with E-state index < -0.39 is 0 Å². The molecule has 25 heavy (non-hydrogen) atoms. The molecular weight excluding hydrogens is 316 g/mol. The summed E-state index contributed by atoms with van der Waals surface area (Å²) in [5.41, 5.74) is 1.81. The van der Waals surface area contributed by atoms with Gasteiger partial charge in [0, 0.05) is 23.9 Å². The summed E-state index contributed by atoms with van der Waals surface area (Å²) < 4.78 is 11.3. The molecule has 0 unspecified atom stereocenters. The third-order valence-electron chi connectivity index (χ3n) is 4.23. The lowest BCUT2D eigenvalue weighted by Crippen LogP contribution is -2.40. The molecule has 1 N–H and O–H groups in total. The van der Waals surface area contributed by atoms with Crippen molar-refractivity contribution in [3.8, 4) is 5.75 Å². The predicted molar refractivity (Wildman–Crippen MR) is 95.7 cm³/mol. The minimum absolute atomic E-state index is 0.00957. The van der Waals surface area contributed by atoms with Crippen molar-refractivity contribution in [2.45, 2.75) is 32.4 Å². The second kappa shape index (κ2) is 8.12. The van der Waals surface area contributed by atoms with Crippen molar-refractivity contribution in [3.63, 3.8) is 0 Å². The van der Waals surface area contributed by atoms with Gasteiger partial charge >= 0.3 is 0 Å². The Bertz CT molecular complexity index is 703. The van der Waals surface area contributed by atoms with Crippen LogP contribution in [-0.2, 0) is 11.2 Å². The first-order chi connectivity index (χ1) is 12.1. The molecule has 3 rings (SSSR count). The number of carbonyl (C=O) groups is 1. The Labute approximate surface area is 148 Å². The predicted octanol–water partition coefficient (Wildman–Crippen LogP) is 2.86. The second-order valence-corrected chi connectivity index (χ2v) is 6.63. The Morgan fingerprint density at radius 2 is 2.08 bits per heavy atom. The molecule has 2 aromatic rings. The molecule has 1 aliphatic heterocycles. The minimum atomic E-state index is -0.0931. The fourth-order valence-electron chi connectivity index (χ4n) is 3.02. The molecule has 5 nitrogen and oxygen atoms in total. The summed E-state index contributed by atoms with van der Waals surface area (Å²) in [5.74, 6) is 0.879. The number of nitrogens with one attached hydrogen (secondary N) is 1. The summed E-state index contributed by atoms with van der Waals surface area (Å²) >= 11 is 0. The molecule has 5 heteroatoms. The monoisotopic (exact) mass is 340 g/mol. The van der Waals surface area contributed by atoms with Gasteiger partial charge in [-0.2, -0.15) is 0 Å². The van der Waals surface area contributed by atoms with E-state index in [4.69, 9.17) is 9.47 Å². The van der Waals surface area contributed by atoms with Crippen molar-refractivity contribution in [2.24, 2.45) is 5.92 Å². The van der Waals surface area contributed by atoms with Crippen molar-refractivity contribution < 1.29 is 14.3 Å². The highest BCUT2D eigenvalue weighted by atomic mass is 16.5. The number of hydrogen-bond acceptors (Lipinski definition) is 4. The quantitative estimate of drug-likeness (QED) is 0.878. The van der Waals surface area contributed by atoms with E-state index in [0.717, 1.165) is 6.42 Å². The highest BCUT2D eigenvalue weighted by molar-refractivity contribution is 5.94. The van der Waals surface area contributed by atoms with Gasteiger partial charge in [0.2, 0.25) is 0 Å². The Morgan fingerprint density at radius 3 is 2.84 bits per heavy atom. The van der Waals surface area contributed by atoms with Gasteiger partial charge in [0.15, 0.2) is 0 Å². The van der Waals surface area contributed by atoms with E-state index in [1.807, 2.05) is 38.1 Å². The molecule has 0 saturated carbocycles. The van der Waals surface area contributed by atoms with E-state index in [0.29, 0.717) is 24.5 Å². The average molecular weight is 340 g/mol. The van der Waals surface area contributed by atoms with Crippen molar-refractivity contribution in [3.05, 3.63) is 59.9 Å². The molecule has 2 atom stereocenters. The molecule has 0 aliphatic carbocycles. The normalized spacial score (nSPS) is 19.8. The molecule has 1 aliphatic rings. The smallest absolute Gasteiger partial charge is 0.251 e. The van der Waals surface area contributed by atoms with Gasteiger partial charge in [-0.3, -0.25) is 9.78 Å². The molecule has 0 bridgehead atoms. The van der Waals surface area contributed by atoms with Gasteiger partial charge in [0.1, 0.15) is 5.75 Å². The number of hydrogen-bond donors (Lipinski definition) is 1. The van der Waals surface area contributed by atoms with Crippen LogP contribution in [0.4, 0.5) is 0 Å². The third kappa shape index (κ3) is 4.79. The fourth-order valence-corrected chi connectivity index (χ4v) is 3.02. The van der Waals surface area contributed by atoms with E-state index >= 15 is 0 Å². The third-order valence-corrected chi connectivity index (χ3v) is 4.23. The zero-order valence-corrected chi connectivity index (χ0v) is 14.6. The minimum Gasteiger partial charge on any atom is -0.491 e. The van der Waals surface area contributed by atoms with Gasteiger partial charge in [-0.1, -0.05) is 6.07 Å². The molecule has 2 heterocycles. The molecule has 1 aromatic heterocycles. The number of amides is 1. The Hall–Kier alpha value is -2.40. The lowest BCUT2D eigenvalue weighted by Gasteiger charge is -2.19. The van der Waals surface area contributed by atoms with Crippen molar-refractivity contribution in [1.82, 2.24) is 10.3 Å². The number of carbonyl (C=O) groups excluding carboxylic acids is 1. The maximum Gasteiger partial charge on any atom is 0.251 e. The van der Waals surface area contributed by atoms with Crippen LogP contribution in [0.15, 0.2) is 48.8 Å². The first-order valence-corrected chi connectivity index (χ1v) is 8.66.